The van der Waals surface area contributed by atoms with Crippen LogP contribution in [0, 0.1) is 0 Å². The van der Waals surface area contributed by atoms with E-state index in [4.69, 9.17) is 13.6 Å². The number of aliphatic hydroxyl groups excluding tert-OH is 1. The second kappa shape index (κ2) is 8.31. The van der Waals surface area contributed by atoms with Crippen molar-refractivity contribution in [3.63, 3.8) is 0 Å². The zero-order valence-corrected chi connectivity index (χ0v) is 13.3. The number of hydrogen-bond acceptors (Lipinski definition) is 6. The van der Waals surface area contributed by atoms with E-state index >= 15 is 0 Å². The minimum absolute atomic E-state index is 0.418. The fraction of sp³-hybridized carbons (Fsp3) is 0.529. The topological polar surface area (TPSA) is 62.2 Å². The van der Waals surface area contributed by atoms with Gasteiger partial charge in [-0.25, -0.2) is 0 Å². The van der Waals surface area contributed by atoms with Gasteiger partial charge >= 0.3 is 0 Å². The van der Waals surface area contributed by atoms with Crippen molar-refractivity contribution in [2.45, 2.75) is 19.2 Å². The van der Waals surface area contributed by atoms with Gasteiger partial charge in [-0.05, 0) is 24.3 Å². The summed E-state index contributed by atoms with van der Waals surface area (Å²) in [7, 11) is 0. The maximum absolute atomic E-state index is 10.4. The van der Waals surface area contributed by atoms with Crippen molar-refractivity contribution in [2.24, 2.45) is 0 Å². The number of furan rings is 2. The largest absolute Gasteiger partial charge is 0.468 e. The zero-order valence-electron chi connectivity index (χ0n) is 13.3. The molecule has 0 aliphatic carbocycles. The summed E-state index contributed by atoms with van der Waals surface area (Å²) >= 11 is 0. The molecule has 1 atom stereocenters. The first kappa shape index (κ1) is 16.3. The monoisotopic (exact) mass is 320 g/mol. The summed E-state index contributed by atoms with van der Waals surface area (Å²) in [6, 6.07) is 7.65. The molecule has 0 spiro atoms. The number of morpholine rings is 1. The second-order valence-electron chi connectivity index (χ2n) is 5.90. The minimum atomic E-state index is -0.418. The highest BCUT2D eigenvalue weighted by Gasteiger charge is 2.19. The van der Waals surface area contributed by atoms with Crippen LogP contribution in [0.5, 0.6) is 0 Å². The molecular weight excluding hydrogens is 296 g/mol. The Kier molecular flexibility index (Phi) is 5.87. The van der Waals surface area contributed by atoms with E-state index in [0.717, 1.165) is 37.8 Å². The Bertz CT molecular complexity index is 499. The summed E-state index contributed by atoms with van der Waals surface area (Å²) in [6.07, 6.45) is 2.92. The Morgan fingerprint density at radius 2 is 1.65 bits per heavy atom. The van der Waals surface area contributed by atoms with Gasteiger partial charge in [0.15, 0.2) is 0 Å². The van der Waals surface area contributed by atoms with Gasteiger partial charge in [0.05, 0.1) is 44.9 Å². The molecule has 3 heterocycles. The van der Waals surface area contributed by atoms with Gasteiger partial charge in [-0.3, -0.25) is 9.80 Å². The maximum Gasteiger partial charge on any atom is 0.117 e. The average Bonchev–Trinajstić information content (AvgIpc) is 3.22. The number of hydrogen-bond donors (Lipinski definition) is 1. The van der Waals surface area contributed by atoms with Gasteiger partial charge in [-0.1, -0.05) is 0 Å². The van der Waals surface area contributed by atoms with Gasteiger partial charge in [-0.15, -0.1) is 0 Å². The molecule has 0 radical (unpaired) electrons. The van der Waals surface area contributed by atoms with Crippen LogP contribution < -0.4 is 0 Å². The molecule has 1 saturated heterocycles. The van der Waals surface area contributed by atoms with Crippen LogP contribution in [0.3, 0.4) is 0 Å². The Hall–Kier alpha value is -1.60. The molecule has 1 N–H and O–H groups in total. The second-order valence-corrected chi connectivity index (χ2v) is 5.90. The molecule has 1 unspecified atom stereocenters. The van der Waals surface area contributed by atoms with Gasteiger partial charge in [0.1, 0.15) is 11.5 Å². The van der Waals surface area contributed by atoms with E-state index in [0.29, 0.717) is 26.2 Å². The highest BCUT2D eigenvalue weighted by molar-refractivity contribution is 5.01. The van der Waals surface area contributed by atoms with Crippen LogP contribution in [0.1, 0.15) is 11.5 Å². The molecule has 1 aliphatic heterocycles. The lowest BCUT2D eigenvalue weighted by atomic mass is 10.2. The van der Waals surface area contributed by atoms with Crippen LogP contribution in [-0.2, 0) is 17.8 Å². The lowest BCUT2D eigenvalue weighted by Crippen LogP contribution is -2.44. The molecule has 23 heavy (non-hydrogen) atoms. The highest BCUT2D eigenvalue weighted by atomic mass is 16.5. The van der Waals surface area contributed by atoms with Crippen LogP contribution >= 0.6 is 0 Å². The van der Waals surface area contributed by atoms with Gasteiger partial charge < -0.3 is 18.7 Å². The molecule has 2 aromatic rings. The van der Waals surface area contributed by atoms with Gasteiger partial charge in [0.25, 0.3) is 0 Å². The average molecular weight is 320 g/mol. The molecule has 3 rings (SSSR count). The van der Waals surface area contributed by atoms with E-state index in [1.54, 1.807) is 12.5 Å². The SMILES string of the molecule is OC(CN1CCOCC1)CN(Cc1ccco1)Cc1ccco1. The summed E-state index contributed by atoms with van der Waals surface area (Å²) in [5.74, 6) is 1.77. The third kappa shape index (κ3) is 5.21. The molecule has 0 aromatic carbocycles. The third-order valence-electron chi connectivity index (χ3n) is 3.96. The Morgan fingerprint density at radius 1 is 1.04 bits per heavy atom. The smallest absolute Gasteiger partial charge is 0.117 e. The first-order valence-electron chi connectivity index (χ1n) is 8.05. The fourth-order valence-corrected chi connectivity index (χ4v) is 2.87. The van der Waals surface area contributed by atoms with E-state index in [9.17, 15) is 5.11 Å². The van der Waals surface area contributed by atoms with Gasteiger partial charge in [-0.2, -0.15) is 0 Å². The number of nitrogens with zero attached hydrogens (tertiary/aromatic N) is 2. The van der Waals surface area contributed by atoms with Crippen molar-refractivity contribution in [3.8, 4) is 0 Å². The fourth-order valence-electron chi connectivity index (χ4n) is 2.87. The van der Waals surface area contributed by atoms with E-state index in [2.05, 4.69) is 9.80 Å². The van der Waals surface area contributed by atoms with Crippen molar-refractivity contribution in [2.75, 3.05) is 39.4 Å². The summed E-state index contributed by atoms with van der Waals surface area (Å²) in [5, 5.41) is 10.4. The molecule has 6 nitrogen and oxygen atoms in total. The summed E-state index contributed by atoms with van der Waals surface area (Å²) in [6.45, 7) is 5.78. The standard InChI is InChI=1S/C17H24N2O4/c20-15(11-18-5-9-21-10-6-18)12-19(13-16-3-1-7-22-16)14-17-4-2-8-23-17/h1-4,7-8,15,20H,5-6,9-14H2. The number of rotatable bonds is 8. The molecule has 1 aliphatic rings. The summed E-state index contributed by atoms with van der Waals surface area (Å²) < 4.78 is 16.2. The number of aliphatic hydroxyl groups is 1. The maximum atomic E-state index is 10.4. The van der Waals surface area contributed by atoms with Crippen LogP contribution in [0.4, 0.5) is 0 Å². The third-order valence-corrected chi connectivity index (χ3v) is 3.96. The molecule has 126 valence electrons. The van der Waals surface area contributed by atoms with Crippen LogP contribution in [0.15, 0.2) is 45.6 Å². The lowest BCUT2D eigenvalue weighted by Gasteiger charge is -2.30. The van der Waals surface area contributed by atoms with Crippen molar-refractivity contribution in [3.05, 3.63) is 48.3 Å². The summed E-state index contributed by atoms with van der Waals surface area (Å²) in [5.41, 5.74) is 0. The summed E-state index contributed by atoms with van der Waals surface area (Å²) in [4.78, 5) is 4.38. The van der Waals surface area contributed by atoms with Crippen LogP contribution in [-0.4, -0.2) is 60.4 Å². The van der Waals surface area contributed by atoms with E-state index in [1.807, 2.05) is 24.3 Å². The van der Waals surface area contributed by atoms with E-state index < -0.39 is 6.10 Å². The van der Waals surface area contributed by atoms with Crippen LogP contribution in [0.2, 0.25) is 0 Å². The number of β-amino-alcohol motifs (C(OH)–C–C–N with tert-alkyl or cyclic N) is 1. The lowest BCUT2D eigenvalue weighted by molar-refractivity contribution is 0.00455. The normalized spacial score (nSPS) is 17.7. The molecule has 0 saturated carbocycles. The molecule has 2 aromatic heterocycles. The van der Waals surface area contributed by atoms with E-state index in [-0.39, 0.29) is 0 Å². The van der Waals surface area contributed by atoms with Crippen molar-refractivity contribution < 1.29 is 18.7 Å². The molecule has 1 fully saturated rings. The predicted molar refractivity (Wildman–Crippen MR) is 84.8 cm³/mol. The van der Waals surface area contributed by atoms with E-state index in [1.165, 1.54) is 0 Å². The Labute approximate surface area is 136 Å². The van der Waals surface area contributed by atoms with Crippen molar-refractivity contribution >= 4 is 0 Å². The molecule has 0 amide bonds. The zero-order chi connectivity index (χ0) is 15.9. The van der Waals surface area contributed by atoms with Crippen LogP contribution in [0.25, 0.3) is 0 Å². The Morgan fingerprint density at radius 3 is 2.17 bits per heavy atom. The first-order chi connectivity index (χ1) is 11.3. The quantitative estimate of drug-likeness (QED) is 0.796. The van der Waals surface area contributed by atoms with Gasteiger partial charge in [0.2, 0.25) is 0 Å². The molecule has 6 heteroatoms. The first-order valence-corrected chi connectivity index (χ1v) is 8.05. The minimum Gasteiger partial charge on any atom is -0.468 e. The van der Waals surface area contributed by atoms with Crippen molar-refractivity contribution in [1.29, 1.82) is 0 Å². The van der Waals surface area contributed by atoms with Crippen molar-refractivity contribution in [1.82, 2.24) is 9.80 Å². The van der Waals surface area contributed by atoms with Gasteiger partial charge in [0, 0.05) is 26.2 Å². The highest BCUT2D eigenvalue weighted by Crippen LogP contribution is 2.12. The molecule has 0 bridgehead atoms. The Balaban J connectivity index is 1.55. The predicted octanol–water partition coefficient (Wildman–Crippen LogP) is 1.57. The molecular formula is C17H24N2O4. The number of ether oxygens (including phenoxy) is 1.